The smallest absolute Gasteiger partial charge is 0.337 e. The summed E-state index contributed by atoms with van der Waals surface area (Å²) in [5.74, 6) is -0.444. The first-order chi connectivity index (χ1) is 14.5. The van der Waals surface area contributed by atoms with E-state index in [0.717, 1.165) is 16.7 Å². The Morgan fingerprint density at radius 3 is 2.50 bits per heavy atom. The van der Waals surface area contributed by atoms with Crippen molar-refractivity contribution in [3.63, 3.8) is 0 Å². The molecule has 0 radical (unpaired) electrons. The lowest BCUT2D eigenvalue weighted by Crippen LogP contribution is -2.10. The normalized spacial score (nSPS) is 10.8. The predicted molar refractivity (Wildman–Crippen MR) is 118 cm³/mol. The van der Waals surface area contributed by atoms with Crippen LogP contribution in [0.2, 0.25) is 0 Å². The van der Waals surface area contributed by atoms with Gasteiger partial charge in [0.1, 0.15) is 11.3 Å². The topological polar surface area (TPSA) is 79.5 Å². The van der Waals surface area contributed by atoms with E-state index < -0.39 is 5.97 Å². The summed E-state index contributed by atoms with van der Waals surface area (Å²) < 4.78 is 6.16. The number of para-hydroxylation sites is 1. The van der Waals surface area contributed by atoms with E-state index in [2.05, 4.69) is 5.32 Å². The molecule has 1 heterocycles. The molecule has 0 fully saturated rings. The van der Waals surface area contributed by atoms with Gasteiger partial charge in [0.15, 0.2) is 5.43 Å². The van der Waals surface area contributed by atoms with Crippen LogP contribution in [0, 0.1) is 6.92 Å². The molecular formula is C25H21NO4. The Balaban J connectivity index is 1.68. The standard InChI is InChI=1S/C25H21NO4/c1-16-13-18(11-12-26-21-10-6-5-9-19(21)25(28)29)24-20(14-16)22(27)15-23(30-24)17-7-3-2-4-8-17/h2-10,13-15,26H,11-12H2,1H3,(H,28,29). The molecule has 0 aliphatic rings. The molecule has 5 nitrogen and oxygen atoms in total. The second-order valence-electron chi connectivity index (χ2n) is 7.17. The summed E-state index contributed by atoms with van der Waals surface area (Å²) in [6.45, 7) is 2.45. The lowest BCUT2D eigenvalue weighted by atomic mass is 10.0. The lowest BCUT2D eigenvalue weighted by molar-refractivity contribution is 0.0698. The average Bonchev–Trinajstić information content (AvgIpc) is 2.75. The maximum atomic E-state index is 12.8. The van der Waals surface area contributed by atoms with Crippen molar-refractivity contribution in [3.05, 3.63) is 99.7 Å². The second-order valence-corrected chi connectivity index (χ2v) is 7.17. The Morgan fingerprint density at radius 1 is 1.00 bits per heavy atom. The number of fused-ring (bicyclic) bond motifs is 1. The van der Waals surface area contributed by atoms with Gasteiger partial charge in [0, 0.05) is 23.9 Å². The van der Waals surface area contributed by atoms with Crippen molar-refractivity contribution in [1.29, 1.82) is 0 Å². The van der Waals surface area contributed by atoms with Gasteiger partial charge in [0.05, 0.1) is 10.9 Å². The number of anilines is 1. The minimum atomic E-state index is -0.974. The maximum Gasteiger partial charge on any atom is 0.337 e. The fourth-order valence-electron chi connectivity index (χ4n) is 3.57. The van der Waals surface area contributed by atoms with E-state index in [4.69, 9.17) is 4.42 Å². The monoisotopic (exact) mass is 399 g/mol. The molecule has 0 saturated carbocycles. The highest BCUT2D eigenvalue weighted by molar-refractivity contribution is 5.94. The van der Waals surface area contributed by atoms with E-state index in [0.29, 0.717) is 35.4 Å². The van der Waals surface area contributed by atoms with Crippen LogP contribution in [0.15, 0.2) is 82.0 Å². The Hall–Kier alpha value is -3.86. The van der Waals surface area contributed by atoms with Crippen LogP contribution in [0.3, 0.4) is 0 Å². The third kappa shape index (κ3) is 3.96. The number of carbonyl (C=O) groups is 1. The molecule has 2 N–H and O–H groups in total. The lowest BCUT2D eigenvalue weighted by Gasteiger charge is -2.12. The molecule has 0 bridgehead atoms. The first kappa shape index (κ1) is 19.5. The molecule has 3 aromatic carbocycles. The van der Waals surface area contributed by atoms with Crippen LogP contribution in [0.5, 0.6) is 0 Å². The van der Waals surface area contributed by atoms with Crippen LogP contribution in [-0.4, -0.2) is 17.6 Å². The summed E-state index contributed by atoms with van der Waals surface area (Å²) in [5, 5.41) is 13.1. The number of nitrogens with one attached hydrogen (secondary N) is 1. The predicted octanol–water partition coefficient (Wildman–Crippen LogP) is 5.12. The van der Waals surface area contributed by atoms with Crippen molar-refractivity contribution in [3.8, 4) is 11.3 Å². The van der Waals surface area contributed by atoms with Gasteiger partial charge in [0.2, 0.25) is 0 Å². The molecule has 150 valence electrons. The van der Waals surface area contributed by atoms with Crippen LogP contribution in [0.25, 0.3) is 22.3 Å². The van der Waals surface area contributed by atoms with Gasteiger partial charge in [-0.05, 0) is 42.7 Å². The fourth-order valence-corrected chi connectivity index (χ4v) is 3.57. The highest BCUT2D eigenvalue weighted by Crippen LogP contribution is 2.26. The molecule has 0 aliphatic heterocycles. The number of aromatic carboxylic acids is 1. The van der Waals surface area contributed by atoms with Crippen molar-refractivity contribution in [1.82, 2.24) is 0 Å². The first-order valence-electron chi connectivity index (χ1n) is 9.72. The number of hydrogen-bond donors (Lipinski definition) is 2. The quantitative estimate of drug-likeness (QED) is 0.470. The number of benzene rings is 3. The minimum absolute atomic E-state index is 0.0794. The van der Waals surface area contributed by atoms with Gasteiger partial charge >= 0.3 is 5.97 Å². The summed E-state index contributed by atoms with van der Waals surface area (Å²) in [6.07, 6.45) is 0.577. The number of hydrogen-bond acceptors (Lipinski definition) is 4. The van der Waals surface area contributed by atoms with Crippen molar-refractivity contribution in [2.24, 2.45) is 0 Å². The fraction of sp³-hybridized carbons (Fsp3) is 0.120. The highest BCUT2D eigenvalue weighted by atomic mass is 16.4. The van der Waals surface area contributed by atoms with E-state index in [1.807, 2.05) is 49.4 Å². The molecule has 0 saturated heterocycles. The van der Waals surface area contributed by atoms with Crippen LogP contribution in [0.4, 0.5) is 5.69 Å². The van der Waals surface area contributed by atoms with E-state index in [-0.39, 0.29) is 11.0 Å². The summed E-state index contributed by atoms with van der Waals surface area (Å²) in [6, 6.07) is 21.7. The Morgan fingerprint density at radius 2 is 1.73 bits per heavy atom. The zero-order valence-electron chi connectivity index (χ0n) is 16.5. The van der Waals surface area contributed by atoms with Gasteiger partial charge in [-0.15, -0.1) is 0 Å². The summed E-state index contributed by atoms with van der Waals surface area (Å²) in [4.78, 5) is 24.1. The summed E-state index contributed by atoms with van der Waals surface area (Å²) >= 11 is 0. The van der Waals surface area contributed by atoms with Crippen molar-refractivity contribution in [2.75, 3.05) is 11.9 Å². The SMILES string of the molecule is Cc1cc(CCNc2ccccc2C(=O)O)c2oc(-c3ccccc3)cc(=O)c2c1. The zero-order valence-corrected chi connectivity index (χ0v) is 16.5. The largest absolute Gasteiger partial charge is 0.478 e. The zero-order chi connectivity index (χ0) is 21.1. The average molecular weight is 399 g/mol. The van der Waals surface area contributed by atoms with Gasteiger partial charge in [-0.25, -0.2) is 4.79 Å². The number of aryl methyl sites for hydroxylation is 1. The maximum absolute atomic E-state index is 12.8. The highest BCUT2D eigenvalue weighted by Gasteiger charge is 2.13. The number of carboxylic acid groups (broad SMARTS) is 1. The Kier molecular flexibility index (Phi) is 5.35. The Bertz CT molecular complexity index is 1280. The van der Waals surface area contributed by atoms with Crippen LogP contribution >= 0.6 is 0 Å². The van der Waals surface area contributed by atoms with Gasteiger partial charge in [0.25, 0.3) is 0 Å². The van der Waals surface area contributed by atoms with E-state index in [1.165, 1.54) is 6.07 Å². The van der Waals surface area contributed by atoms with E-state index >= 15 is 0 Å². The molecular weight excluding hydrogens is 378 g/mol. The number of rotatable bonds is 6. The molecule has 0 aliphatic carbocycles. The molecule has 4 rings (SSSR count). The van der Waals surface area contributed by atoms with Gasteiger partial charge in [-0.2, -0.15) is 0 Å². The summed E-state index contributed by atoms with van der Waals surface area (Å²) in [7, 11) is 0. The molecule has 0 spiro atoms. The van der Waals surface area contributed by atoms with Gasteiger partial charge in [-0.3, -0.25) is 4.79 Å². The molecule has 1 aromatic heterocycles. The van der Waals surface area contributed by atoms with E-state index in [1.54, 1.807) is 24.3 Å². The molecule has 0 unspecified atom stereocenters. The third-order valence-corrected chi connectivity index (χ3v) is 4.98. The van der Waals surface area contributed by atoms with Gasteiger partial charge in [-0.1, -0.05) is 48.5 Å². The van der Waals surface area contributed by atoms with Crippen molar-refractivity contribution in [2.45, 2.75) is 13.3 Å². The van der Waals surface area contributed by atoms with Crippen molar-refractivity contribution < 1.29 is 14.3 Å². The summed E-state index contributed by atoms with van der Waals surface area (Å²) in [5.41, 5.74) is 4.00. The molecule has 0 atom stereocenters. The minimum Gasteiger partial charge on any atom is -0.478 e. The number of carboxylic acids is 1. The van der Waals surface area contributed by atoms with Crippen LogP contribution in [0.1, 0.15) is 21.5 Å². The molecule has 30 heavy (non-hydrogen) atoms. The molecule has 4 aromatic rings. The molecule has 5 heteroatoms. The second kappa shape index (κ2) is 8.25. The third-order valence-electron chi connectivity index (χ3n) is 4.98. The van der Waals surface area contributed by atoms with Crippen LogP contribution < -0.4 is 10.7 Å². The van der Waals surface area contributed by atoms with Crippen LogP contribution in [-0.2, 0) is 6.42 Å². The van der Waals surface area contributed by atoms with Gasteiger partial charge < -0.3 is 14.8 Å². The Labute approximate surface area is 173 Å². The molecule has 0 amide bonds. The van der Waals surface area contributed by atoms with Crippen molar-refractivity contribution >= 4 is 22.6 Å². The van der Waals surface area contributed by atoms with E-state index in [9.17, 15) is 14.7 Å². The first-order valence-corrected chi connectivity index (χ1v) is 9.72.